The minimum Gasteiger partial charge on any atom is -0.394 e. The molecule has 1 fully saturated rings. The molecule has 3 aliphatic heterocycles. The van der Waals surface area contributed by atoms with Crippen LogP contribution in [0.1, 0.15) is 39.1 Å². The fourth-order valence-electron chi connectivity index (χ4n) is 5.49. The largest absolute Gasteiger partial charge is 0.394 e. The molecule has 4 N–H and O–H groups in total. The van der Waals surface area contributed by atoms with Crippen LogP contribution in [-0.4, -0.2) is 112 Å². The monoisotopic (exact) mass is 706 g/mol. The molecule has 4 atom stereocenters. The highest BCUT2D eigenvalue weighted by atomic mass is 35.5. The molecule has 256 valence electrons. The lowest BCUT2D eigenvalue weighted by atomic mass is 10.1. The van der Waals surface area contributed by atoms with Crippen LogP contribution in [0.4, 0.5) is 23.4 Å². The summed E-state index contributed by atoms with van der Waals surface area (Å²) >= 11 is 5.86. The zero-order valence-electron chi connectivity index (χ0n) is 27.1. The third-order valence-corrected chi connectivity index (χ3v) is 11.5. The smallest absolute Gasteiger partial charge is 0.227 e. The van der Waals surface area contributed by atoms with Gasteiger partial charge in [0.2, 0.25) is 11.2 Å². The highest BCUT2D eigenvalue weighted by Crippen LogP contribution is 2.32. The van der Waals surface area contributed by atoms with Crippen molar-refractivity contribution < 1.29 is 18.6 Å². The lowest BCUT2D eigenvalue weighted by Crippen LogP contribution is -2.47. The van der Waals surface area contributed by atoms with E-state index in [1.165, 1.54) is 0 Å². The number of aryl methyl sites for hydroxylation is 2. The number of aromatic nitrogens is 6. The zero-order valence-corrected chi connectivity index (χ0v) is 29.5. The molecule has 2 unspecified atom stereocenters. The molecule has 3 aromatic heterocycles. The van der Waals surface area contributed by atoms with Gasteiger partial charge in [-0.2, -0.15) is 9.97 Å². The lowest BCUT2D eigenvalue weighted by molar-refractivity contribution is 0.248. The summed E-state index contributed by atoms with van der Waals surface area (Å²) in [6, 6.07) is 1.63. The van der Waals surface area contributed by atoms with Crippen molar-refractivity contribution in [1.29, 1.82) is 0 Å². The average Bonchev–Trinajstić information content (AvgIpc) is 3.64. The quantitative estimate of drug-likeness (QED) is 0.224. The molecule has 6 rings (SSSR count). The second-order valence-electron chi connectivity index (χ2n) is 12.3. The predicted molar refractivity (Wildman–Crippen MR) is 184 cm³/mol. The standard InChI is InChI=1S/C19H27N7O2S.C11H16ClN3O2S/c1-13(2)15(11-27)22-18-17-14(4-10-29(17)28)23-19(24-18)26-8-6-25(7-9-26)16-3-5-20-12-21-16;1-6(2)8(5-16)13-10-9-7(3-4-18(9)17)14-11(12)15-10/h3,5,12-13,15,27H,4,6-11H2,1-2H3,(H,22,23,24);6,8,16H,3-5H2,1-2H3,(H,13,14,15)/t15-,29?;8-,18?/m00/s1. The number of rotatable bonds is 10. The van der Waals surface area contributed by atoms with Gasteiger partial charge in [-0.3, -0.25) is 8.42 Å². The Morgan fingerprint density at radius 1 is 0.809 bits per heavy atom. The van der Waals surface area contributed by atoms with Crippen molar-refractivity contribution >= 4 is 56.6 Å². The number of aliphatic hydroxyl groups excluding tert-OH is 2. The molecule has 0 bridgehead atoms. The maximum atomic E-state index is 12.5. The van der Waals surface area contributed by atoms with E-state index in [-0.39, 0.29) is 42.4 Å². The molecule has 3 aliphatic rings. The summed E-state index contributed by atoms with van der Waals surface area (Å²) in [6.07, 6.45) is 4.67. The van der Waals surface area contributed by atoms with Gasteiger partial charge in [0.1, 0.15) is 33.6 Å². The van der Waals surface area contributed by atoms with Gasteiger partial charge in [-0.1, -0.05) is 27.7 Å². The van der Waals surface area contributed by atoms with Gasteiger partial charge in [0.05, 0.1) is 58.3 Å². The molecular weight excluding hydrogens is 664 g/mol. The number of piperazine rings is 1. The van der Waals surface area contributed by atoms with E-state index in [2.05, 4.69) is 40.4 Å². The van der Waals surface area contributed by atoms with Gasteiger partial charge in [0.15, 0.2) is 0 Å². The second-order valence-corrected chi connectivity index (χ2v) is 15.6. The van der Waals surface area contributed by atoms with E-state index in [0.29, 0.717) is 51.7 Å². The average molecular weight is 707 g/mol. The lowest BCUT2D eigenvalue weighted by Gasteiger charge is -2.35. The van der Waals surface area contributed by atoms with Crippen molar-refractivity contribution in [1.82, 2.24) is 29.9 Å². The Morgan fingerprint density at radius 3 is 1.85 bits per heavy atom. The van der Waals surface area contributed by atoms with Crippen LogP contribution in [0.15, 0.2) is 28.4 Å². The molecule has 3 aromatic rings. The molecule has 14 nitrogen and oxygen atoms in total. The molecular formula is C30H43ClN10O4S2. The van der Waals surface area contributed by atoms with E-state index < -0.39 is 21.6 Å². The van der Waals surface area contributed by atoms with Gasteiger partial charge in [-0.25, -0.2) is 19.9 Å². The molecule has 0 amide bonds. The first-order valence-corrected chi connectivity index (χ1v) is 18.9. The zero-order chi connectivity index (χ0) is 33.7. The van der Waals surface area contributed by atoms with Crippen LogP contribution in [0.25, 0.3) is 0 Å². The first-order chi connectivity index (χ1) is 22.6. The van der Waals surface area contributed by atoms with Crippen molar-refractivity contribution in [3.63, 3.8) is 0 Å². The molecule has 0 aliphatic carbocycles. The SMILES string of the molecule is CC(C)[C@H](CO)Nc1nc(Cl)nc2c1S(=O)CC2.CC(C)[C@H](CO)Nc1nc(N2CCN(c3ccncn3)CC2)nc2c1S(=O)CC2. The third kappa shape index (κ3) is 8.34. The molecule has 0 saturated carbocycles. The Bertz CT molecular complexity index is 1580. The molecule has 6 heterocycles. The summed E-state index contributed by atoms with van der Waals surface area (Å²) in [4.78, 5) is 31.7. The maximum Gasteiger partial charge on any atom is 0.227 e. The molecule has 47 heavy (non-hydrogen) atoms. The number of aliphatic hydroxyl groups is 2. The minimum atomic E-state index is -1.09. The van der Waals surface area contributed by atoms with Gasteiger partial charge in [-0.05, 0) is 29.5 Å². The summed E-state index contributed by atoms with van der Waals surface area (Å²) in [6.45, 7) is 11.2. The van der Waals surface area contributed by atoms with Crippen LogP contribution in [0.3, 0.4) is 0 Å². The number of hydrogen-bond acceptors (Lipinski definition) is 14. The first-order valence-electron chi connectivity index (χ1n) is 15.8. The van der Waals surface area contributed by atoms with Gasteiger partial charge in [0.25, 0.3) is 0 Å². The van der Waals surface area contributed by atoms with E-state index in [9.17, 15) is 18.6 Å². The maximum absolute atomic E-state index is 12.5. The topological polar surface area (TPSA) is 182 Å². The third-order valence-electron chi connectivity index (χ3n) is 8.44. The van der Waals surface area contributed by atoms with Crippen molar-refractivity contribution in [3.8, 4) is 0 Å². The van der Waals surface area contributed by atoms with E-state index in [0.717, 1.165) is 43.4 Å². The normalized spacial score (nSPS) is 20.0. The summed E-state index contributed by atoms with van der Waals surface area (Å²) in [5.41, 5.74) is 1.60. The van der Waals surface area contributed by atoms with Crippen molar-refractivity contribution in [2.75, 3.05) is 71.3 Å². The second kappa shape index (κ2) is 15.9. The Morgan fingerprint density at radius 2 is 1.34 bits per heavy atom. The molecule has 0 aromatic carbocycles. The highest BCUT2D eigenvalue weighted by molar-refractivity contribution is 7.85. The molecule has 1 saturated heterocycles. The first kappa shape index (κ1) is 35.3. The van der Waals surface area contributed by atoms with Crippen molar-refractivity contribution in [2.24, 2.45) is 11.8 Å². The van der Waals surface area contributed by atoms with Gasteiger partial charge in [-0.15, -0.1) is 0 Å². The molecule has 0 radical (unpaired) electrons. The Kier molecular flexibility index (Phi) is 11.9. The van der Waals surface area contributed by atoms with Crippen molar-refractivity contribution in [3.05, 3.63) is 35.3 Å². The van der Waals surface area contributed by atoms with Crippen molar-refractivity contribution in [2.45, 2.75) is 62.4 Å². The fraction of sp³-hybridized carbons (Fsp3) is 0.600. The van der Waals surface area contributed by atoms with Gasteiger partial charge in [0, 0.05) is 56.7 Å². The van der Waals surface area contributed by atoms with Gasteiger partial charge >= 0.3 is 0 Å². The predicted octanol–water partition coefficient (Wildman–Crippen LogP) is 1.91. The van der Waals surface area contributed by atoms with E-state index >= 15 is 0 Å². The number of halogens is 1. The van der Waals surface area contributed by atoms with Crippen LogP contribution in [0, 0.1) is 11.8 Å². The Balaban J connectivity index is 0.000000207. The number of nitrogens with one attached hydrogen (secondary N) is 2. The molecule has 0 spiro atoms. The minimum absolute atomic E-state index is 0.00395. The van der Waals surface area contributed by atoms with Crippen LogP contribution >= 0.6 is 11.6 Å². The number of anilines is 4. The summed E-state index contributed by atoms with van der Waals surface area (Å²) in [5.74, 6) is 4.28. The summed E-state index contributed by atoms with van der Waals surface area (Å²) in [5, 5.41) is 25.6. The van der Waals surface area contributed by atoms with Crippen LogP contribution in [-0.2, 0) is 34.4 Å². The number of nitrogens with zero attached hydrogens (tertiary/aromatic N) is 8. The van der Waals surface area contributed by atoms with Gasteiger partial charge < -0.3 is 30.6 Å². The fourth-order valence-corrected chi connectivity index (χ4v) is 8.31. The number of hydrogen-bond donors (Lipinski definition) is 4. The van der Waals surface area contributed by atoms with Crippen LogP contribution < -0.4 is 20.4 Å². The number of fused-ring (bicyclic) bond motifs is 2. The van der Waals surface area contributed by atoms with Crippen LogP contribution in [0.2, 0.25) is 5.28 Å². The van der Waals surface area contributed by atoms with E-state index in [4.69, 9.17) is 21.6 Å². The summed E-state index contributed by atoms with van der Waals surface area (Å²) < 4.78 is 24.4. The van der Waals surface area contributed by atoms with E-state index in [1.807, 2.05) is 33.8 Å². The highest BCUT2D eigenvalue weighted by Gasteiger charge is 2.30. The Labute approximate surface area is 285 Å². The van der Waals surface area contributed by atoms with Crippen LogP contribution in [0.5, 0.6) is 0 Å². The summed E-state index contributed by atoms with van der Waals surface area (Å²) in [7, 11) is -2.17. The van der Waals surface area contributed by atoms with E-state index in [1.54, 1.807) is 12.5 Å². The molecule has 17 heteroatoms. The Hall–Kier alpha value is -3.05.